The molecule has 3 aromatic rings. The number of benzene rings is 2. The third-order valence-corrected chi connectivity index (χ3v) is 3.30. The third kappa shape index (κ3) is 2.54. The first-order valence-corrected chi connectivity index (χ1v) is 6.41. The molecule has 0 aliphatic heterocycles. The van der Waals surface area contributed by atoms with E-state index in [1.165, 1.54) is 10.8 Å². The van der Waals surface area contributed by atoms with Crippen molar-refractivity contribution in [2.45, 2.75) is 13.0 Å². The summed E-state index contributed by atoms with van der Waals surface area (Å²) in [7, 11) is 0. The fourth-order valence-electron chi connectivity index (χ4n) is 2.33. The second-order valence-corrected chi connectivity index (χ2v) is 4.76. The summed E-state index contributed by atoms with van der Waals surface area (Å²) in [5, 5.41) is 11.3. The number of hydrogen-bond acceptors (Lipinski definition) is 2. The van der Waals surface area contributed by atoms with Crippen LogP contribution < -0.4 is 0 Å². The van der Waals surface area contributed by atoms with Gasteiger partial charge in [0.15, 0.2) is 0 Å². The van der Waals surface area contributed by atoms with Gasteiger partial charge in [-0.25, -0.2) is 4.98 Å². The van der Waals surface area contributed by atoms with E-state index in [1.807, 2.05) is 16.7 Å². The van der Waals surface area contributed by atoms with Crippen LogP contribution in [0.25, 0.3) is 10.8 Å². The van der Waals surface area contributed by atoms with Gasteiger partial charge in [0.2, 0.25) is 0 Å². The molecule has 3 rings (SSSR count). The Hall–Kier alpha value is -2.62. The first-order valence-electron chi connectivity index (χ1n) is 6.41. The minimum atomic E-state index is -0.842. The maximum Gasteiger partial charge on any atom is 0.309 e. The van der Waals surface area contributed by atoms with Crippen molar-refractivity contribution in [3.8, 4) is 0 Å². The van der Waals surface area contributed by atoms with Gasteiger partial charge in [0.25, 0.3) is 0 Å². The first-order chi connectivity index (χ1) is 9.72. The lowest BCUT2D eigenvalue weighted by atomic mass is 10.1. The van der Waals surface area contributed by atoms with Crippen molar-refractivity contribution in [3.63, 3.8) is 0 Å². The van der Waals surface area contributed by atoms with Crippen LogP contribution in [0, 0.1) is 0 Å². The van der Waals surface area contributed by atoms with Crippen molar-refractivity contribution >= 4 is 16.7 Å². The number of aliphatic carboxylic acids is 1. The van der Waals surface area contributed by atoms with Gasteiger partial charge < -0.3 is 9.67 Å². The summed E-state index contributed by atoms with van der Waals surface area (Å²) in [6.45, 7) is 0.632. The average molecular weight is 266 g/mol. The Bertz CT molecular complexity index is 762. The van der Waals surface area contributed by atoms with Crippen LogP contribution in [-0.2, 0) is 17.8 Å². The van der Waals surface area contributed by atoms with E-state index in [4.69, 9.17) is 5.11 Å². The summed E-state index contributed by atoms with van der Waals surface area (Å²) in [4.78, 5) is 14.8. The molecular weight excluding hydrogens is 252 g/mol. The number of fused-ring (bicyclic) bond motifs is 1. The van der Waals surface area contributed by atoms with Crippen molar-refractivity contribution in [3.05, 3.63) is 66.2 Å². The molecule has 0 fully saturated rings. The molecule has 0 radical (unpaired) electrons. The fourth-order valence-corrected chi connectivity index (χ4v) is 2.33. The van der Waals surface area contributed by atoms with Crippen LogP contribution in [0.5, 0.6) is 0 Å². The van der Waals surface area contributed by atoms with E-state index in [0.29, 0.717) is 12.2 Å². The van der Waals surface area contributed by atoms with E-state index < -0.39 is 5.97 Å². The number of rotatable bonds is 4. The van der Waals surface area contributed by atoms with Gasteiger partial charge in [-0.1, -0.05) is 36.4 Å². The summed E-state index contributed by atoms with van der Waals surface area (Å²) in [6, 6.07) is 14.4. The number of carboxylic acid groups (broad SMARTS) is 1. The predicted molar refractivity (Wildman–Crippen MR) is 76.6 cm³/mol. The molecule has 0 saturated carbocycles. The summed E-state index contributed by atoms with van der Waals surface area (Å²) in [5.74, 6) is -0.842. The molecule has 1 heterocycles. The lowest BCUT2D eigenvalue weighted by Crippen LogP contribution is -2.08. The van der Waals surface area contributed by atoms with E-state index >= 15 is 0 Å². The predicted octanol–water partition coefficient (Wildman–Crippen LogP) is 2.71. The van der Waals surface area contributed by atoms with E-state index in [-0.39, 0.29) is 6.42 Å². The third-order valence-electron chi connectivity index (χ3n) is 3.30. The highest BCUT2D eigenvalue weighted by atomic mass is 16.4. The normalized spacial score (nSPS) is 10.8. The zero-order chi connectivity index (χ0) is 13.9. The maximum atomic E-state index is 10.8. The molecule has 20 heavy (non-hydrogen) atoms. The molecule has 0 atom stereocenters. The fraction of sp³-hybridized carbons (Fsp3) is 0.125. The summed E-state index contributed by atoms with van der Waals surface area (Å²) in [6.07, 6.45) is 3.27. The topological polar surface area (TPSA) is 55.1 Å². The summed E-state index contributed by atoms with van der Waals surface area (Å²) in [5.41, 5.74) is 1.85. The molecule has 0 aliphatic carbocycles. The Kier molecular flexibility index (Phi) is 3.21. The van der Waals surface area contributed by atoms with Gasteiger partial charge in [-0.05, 0) is 22.4 Å². The number of aromatic nitrogens is 2. The number of hydrogen-bond donors (Lipinski definition) is 1. The van der Waals surface area contributed by atoms with Crippen LogP contribution in [0.4, 0.5) is 0 Å². The monoisotopic (exact) mass is 266 g/mol. The van der Waals surface area contributed by atoms with Crippen LogP contribution in [0.2, 0.25) is 0 Å². The lowest BCUT2D eigenvalue weighted by molar-refractivity contribution is -0.136. The molecule has 100 valence electrons. The molecule has 0 amide bonds. The number of nitrogens with zero attached hydrogens (tertiary/aromatic N) is 2. The summed E-state index contributed by atoms with van der Waals surface area (Å²) >= 11 is 0. The number of carbonyl (C=O) groups is 1. The lowest BCUT2D eigenvalue weighted by Gasteiger charge is -2.08. The Balaban J connectivity index is 1.89. The smallest absolute Gasteiger partial charge is 0.309 e. The second-order valence-electron chi connectivity index (χ2n) is 4.76. The van der Waals surface area contributed by atoms with Crippen molar-refractivity contribution in [1.29, 1.82) is 0 Å². The van der Waals surface area contributed by atoms with Gasteiger partial charge in [-0.3, -0.25) is 4.79 Å². The molecule has 0 unspecified atom stereocenters. The Labute approximate surface area is 116 Å². The molecule has 1 N–H and O–H groups in total. The van der Waals surface area contributed by atoms with Crippen LogP contribution in [0.3, 0.4) is 0 Å². The van der Waals surface area contributed by atoms with Gasteiger partial charge in [0, 0.05) is 18.4 Å². The Morgan fingerprint density at radius 1 is 1.15 bits per heavy atom. The van der Waals surface area contributed by atoms with Crippen molar-refractivity contribution in [2.24, 2.45) is 0 Å². The zero-order valence-corrected chi connectivity index (χ0v) is 10.9. The number of carboxylic acids is 1. The van der Waals surface area contributed by atoms with Crippen LogP contribution in [0.1, 0.15) is 11.3 Å². The van der Waals surface area contributed by atoms with E-state index in [1.54, 1.807) is 12.5 Å². The molecule has 0 saturated heterocycles. The van der Waals surface area contributed by atoms with Gasteiger partial charge in [-0.2, -0.15) is 0 Å². The minimum Gasteiger partial charge on any atom is -0.481 e. The number of imidazole rings is 1. The molecule has 1 aromatic heterocycles. The molecule has 0 aliphatic rings. The Morgan fingerprint density at radius 2 is 1.95 bits per heavy atom. The van der Waals surface area contributed by atoms with Crippen molar-refractivity contribution in [1.82, 2.24) is 9.55 Å². The average Bonchev–Trinajstić information content (AvgIpc) is 2.85. The van der Waals surface area contributed by atoms with Crippen molar-refractivity contribution in [2.75, 3.05) is 0 Å². The molecule has 2 aromatic carbocycles. The van der Waals surface area contributed by atoms with E-state index in [9.17, 15) is 4.79 Å². The molecule has 0 bridgehead atoms. The van der Waals surface area contributed by atoms with Crippen LogP contribution in [0.15, 0.2) is 55.0 Å². The van der Waals surface area contributed by atoms with Crippen LogP contribution >= 0.6 is 0 Å². The standard InChI is InChI=1S/C16H14N2O2/c19-16(20)8-15-9-17-11-18(15)10-12-5-6-13-3-1-2-4-14(13)7-12/h1-7,9,11H,8,10H2,(H,19,20). The largest absolute Gasteiger partial charge is 0.481 e. The highest BCUT2D eigenvalue weighted by Crippen LogP contribution is 2.17. The first kappa shape index (κ1) is 12.4. The van der Waals surface area contributed by atoms with Gasteiger partial charge in [0.05, 0.1) is 12.7 Å². The van der Waals surface area contributed by atoms with E-state index in [2.05, 4.69) is 35.3 Å². The van der Waals surface area contributed by atoms with Crippen molar-refractivity contribution < 1.29 is 9.90 Å². The van der Waals surface area contributed by atoms with Crippen LogP contribution in [-0.4, -0.2) is 20.6 Å². The molecule has 4 heteroatoms. The quantitative estimate of drug-likeness (QED) is 0.790. The Morgan fingerprint density at radius 3 is 2.75 bits per heavy atom. The maximum absolute atomic E-state index is 10.8. The van der Waals surface area contributed by atoms with Gasteiger partial charge >= 0.3 is 5.97 Å². The summed E-state index contributed by atoms with van der Waals surface area (Å²) < 4.78 is 1.87. The molecule has 4 nitrogen and oxygen atoms in total. The van der Waals surface area contributed by atoms with Gasteiger partial charge in [0.1, 0.15) is 0 Å². The van der Waals surface area contributed by atoms with E-state index in [0.717, 1.165) is 5.56 Å². The molecular formula is C16H14N2O2. The second kappa shape index (κ2) is 5.17. The highest BCUT2D eigenvalue weighted by Gasteiger charge is 2.07. The van der Waals surface area contributed by atoms with Gasteiger partial charge in [-0.15, -0.1) is 0 Å². The SMILES string of the molecule is O=C(O)Cc1cncn1Cc1ccc2ccccc2c1. The highest BCUT2D eigenvalue weighted by molar-refractivity contribution is 5.83. The zero-order valence-electron chi connectivity index (χ0n) is 10.9. The minimum absolute atomic E-state index is 0.00637. The molecule has 0 spiro atoms.